The van der Waals surface area contributed by atoms with Gasteiger partial charge in [0, 0.05) is 13.1 Å². The largest absolute Gasteiger partial charge is 0.468 e. The van der Waals surface area contributed by atoms with Crippen molar-refractivity contribution in [3.63, 3.8) is 0 Å². The van der Waals surface area contributed by atoms with Gasteiger partial charge in [-0.15, -0.1) is 0 Å². The first-order valence-electron chi connectivity index (χ1n) is 7.09. The standard InChI is InChI=1S/C15H20Cl2N2O2/c1-21-15(20)13(18)9-10-7-11(16)14(12(17)8-10)19-5-3-2-4-6-19/h7-8,13H,2-6,9,18H2,1H3. The van der Waals surface area contributed by atoms with Gasteiger partial charge in [-0.1, -0.05) is 23.2 Å². The molecule has 4 nitrogen and oxygen atoms in total. The molecule has 0 aliphatic carbocycles. The van der Waals surface area contributed by atoms with Crippen LogP contribution in [0.25, 0.3) is 0 Å². The highest BCUT2D eigenvalue weighted by atomic mass is 35.5. The minimum Gasteiger partial charge on any atom is -0.468 e. The lowest BCUT2D eigenvalue weighted by atomic mass is 10.0. The number of piperidine rings is 1. The number of rotatable bonds is 4. The number of esters is 1. The summed E-state index contributed by atoms with van der Waals surface area (Å²) >= 11 is 12.8. The van der Waals surface area contributed by atoms with Gasteiger partial charge in [-0.05, 0) is 43.4 Å². The van der Waals surface area contributed by atoms with Crippen LogP contribution in [0.5, 0.6) is 0 Å². The summed E-state index contributed by atoms with van der Waals surface area (Å²) in [5, 5.41) is 1.22. The Morgan fingerprint density at radius 2 is 1.86 bits per heavy atom. The van der Waals surface area contributed by atoms with Gasteiger partial charge in [0.25, 0.3) is 0 Å². The second kappa shape index (κ2) is 7.34. The summed E-state index contributed by atoms with van der Waals surface area (Å²) in [6.45, 7) is 1.95. The van der Waals surface area contributed by atoms with Gasteiger partial charge in [0.05, 0.1) is 22.8 Å². The van der Waals surface area contributed by atoms with Crippen LogP contribution in [0.1, 0.15) is 24.8 Å². The molecule has 0 aromatic heterocycles. The lowest BCUT2D eigenvalue weighted by molar-refractivity contribution is -0.142. The Hall–Kier alpha value is -0.970. The monoisotopic (exact) mass is 330 g/mol. The Morgan fingerprint density at radius 3 is 2.38 bits per heavy atom. The first-order valence-corrected chi connectivity index (χ1v) is 7.84. The van der Waals surface area contributed by atoms with Gasteiger partial charge in [-0.3, -0.25) is 4.79 Å². The fourth-order valence-electron chi connectivity index (χ4n) is 2.64. The predicted molar refractivity (Wildman–Crippen MR) is 86.2 cm³/mol. The van der Waals surface area contributed by atoms with Crippen molar-refractivity contribution in [1.29, 1.82) is 0 Å². The molecule has 0 amide bonds. The molecule has 1 aromatic carbocycles. The number of hydrogen-bond donors (Lipinski definition) is 1. The number of nitrogens with zero attached hydrogens (tertiary/aromatic N) is 1. The molecule has 1 heterocycles. The van der Waals surface area contributed by atoms with Crippen LogP contribution in [0.4, 0.5) is 5.69 Å². The zero-order chi connectivity index (χ0) is 15.4. The fourth-order valence-corrected chi connectivity index (χ4v) is 3.42. The van der Waals surface area contributed by atoms with Crippen molar-refractivity contribution in [2.45, 2.75) is 31.7 Å². The maximum absolute atomic E-state index is 11.4. The van der Waals surface area contributed by atoms with Crippen molar-refractivity contribution >= 4 is 34.9 Å². The van der Waals surface area contributed by atoms with E-state index < -0.39 is 12.0 Å². The van der Waals surface area contributed by atoms with Crippen molar-refractivity contribution in [2.24, 2.45) is 5.73 Å². The van der Waals surface area contributed by atoms with Crippen LogP contribution >= 0.6 is 23.2 Å². The van der Waals surface area contributed by atoms with E-state index in [1.165, 1.54) is 13.5 Å². The Bertz CT molecular complexity index is 493. The van der Waals surface area contributed by atoms with E-state index in [4.69, 9.17) is 28.9 Å². The van der Waals surface area contributed by atoms with E-state index in [2.05, 4.69) is 9.64 Å². The molecular weight excluding hydrogens is 311 g/mol. The molecule has 1 aromatic rings. The molecule has 6 heteroatoms. The molecule has 1 saturated heterocycles. The van der Waals surface area contributed by atoms with Crippen molar-refractivity contribution in [3.05, 3.63) is 27.7 Å². The summed E-state index contributed by atoms with van der Waals surface area (Å²) in [6.07, 6.45) is 3.91. The number of carbonyl (C=O) groups excluding carboxylic acids is 1. The molecule has 116 valence electrons. The fraction of sp³-hybridized carbons (Fsp3) is 0.533. The third kappa shape index (κ3) is 4.02. The predicted octanol–water partition coefficient (Wildman–Crippen LogP) is 3.03. The zero-order valence-corrected chi connectivity index (χ0v) is 13.6. The molecule has 1 aliphatic rings. The minimum absolute atomic E-state index is 0.354. The third-order valence-corrected chi connectivity index (χ3v) is 4.28. The first kappa shape index (κ1) is 16.4. The molecule has 2 N–H and O–H groups in total. The van der Waals surface area contributed by atoms with Crippen molar-refractivity contribution < 1.29 is 9.53 Å². The number of hydrogen-bond acceptors (Lipinski definition) is 4. The average molecular weight is 331 g/mol. The van der Waals surface area contributed by atoms with Crippen LogP contribution in [-0.4, -0.2) is 32.2 Å². The van der Waals surface area contributed by atoms with Crippen LogP contribution in [-0.2, 0) is 16.0 Å². The number of ether oxygens (including phenoxy) is 1. The SMILES string of the molecule is COC(=O)C(N)Cc1cc(Cl)c(N2CCCCC2)c(Cl)c1. The van der Waals surface area contributed by atoms with Crippen LogP contribution in [0.3, 0.4) is 0 Å². The highest BCUT2D eigenvalue weighted by Gasteiger charge is 2.20. The lowest BCUT2D eigenvalue weighted by Gasteiger charge is -2.30. The van der Waals surface area contributed by atoms with Crippen molar-refractivity contribution in [3.8, 4) is 0 Å². The molecule has 0 spiro atoms. The maximum atomic E-state index is 11.4. The molecule has 1 atom stereocenters. The molecule has 1 fully saturated rings. The second-order valence-electron chi connectivity index (χ2n) is 5.29. The van der Waals surface area contributed by atoms with Crippen LogP contribution in [0.2, 0.25) is 10.0 Å². The number of nitrogens with two attached hydrogens (primary N) is 1. The van der Waals surface area contributed by atoms with Gasteiger partial charge in [-0.25, -0.2) is 0 Å². The number of methoxy groups -OCH3 is 1. The minimum atomic E-state index is -0.706. The normalized spacial score (nSPS) is 16.7. The Labute approximate surface area is 135 Å². The van der Waals surface area contributed by atoms with Crippen molar-refractivity contribution in [1.82, 2.24) is 0 Å². The van der Waals surface area contributed by atoms with Crippen LogP contribution in [0.15, 0.2) is 12.1 Å². The smallest absolute Gasteiger partial charge is 0.322 e. The van der Waals surface area contributed by atoms with E-state index in [0.717, 1.165) is 37.2 Å². The van der Waals surface area contributed by atoms with Crippen LogP contribution in [0, 0.1) is 0 Å². The van der Waals surface area contributed by atoms with Gasteiger partial charge < -0.3 is 15.4 Å². The van der Waals surface area contributed by atoms with Gasteiger partial charge in [-0.2, -0.15) is 0 Å². The Morgan fingerprint density at radius 1 is 1.29 bits per heavy atom. The molecule has 21 heavy (non-hydrogen) atoms. The second-order valence-corrected chi connectivity index (χ2v) is 6.10. The quantitative estimate of drug-likeness (QED) is 0.862. The summed E-state index contributed by atoms with van der Waals surface area (Å²) in [7, 11) is 1.32. The van der Waals surface area contributed by atoms with Crippen LogP contribution < -0.4 is 10.6 Å². The third-order valence-electron chi connectivity index (χ3n) is 3.71. The summed E-state index contributed by atoms with van der Waals surface area (Å²) in [5.74, 6) is -0.442. The molecule has 0 radical (unpaired) electrons. The van der Waals surface area contributed by atoms with Gasteiger partial charge in [0.1, 0.15) is 6.04 Å². The average Bonchev–Trinajstić information content (AvgIpc) is 2.46. The van der Waals surface area contributed by atoms with Crippen molar-refractivity contribution in [2.75, 3.05) is 25.1 Å². The molecular formula is C15H20Cl2N2O2. The summed E-state index contributed by atoms with van der Waals surface area (Å²) < 4.78 is 4.63. The number of anilines is 1. The molecule has 0 bridgehead atoms. The van der Waals surface area contributed by atoms with E-state index in [0.29, 0.717) is 16.5 Å². The number of benzene rings is 1. The highest BCUT2D eigenvalue weighted by molar-refractivity contribution is 6.39. The molecule has 1 aliphatic heterocycles. The van der Waals surface area contributed by atoms with Gasteiger partial charge in [0.2, 0.25) is 0 Å². The maximum Gasteiger partial charge on any atom is 0.322 e. The zero-order valence-electron chi connectivity index (χ0n) is 12.1. The first-order chi connectivity index (χ1) is 10.0. The van der Waals surface area contributed by atoms with E-state index in [-0.39, 0.29) is 0 Å². The molecule has 1 unspecified atom stereocenters. The highest BCUT2D eigenvalue weighted by Crippen LogP contribution is 2.36. The summed E-state index contributed by atoms with van der Waals surface area (Å²) in [5.41, 5.74) is 7.49. The molecule has 0 saturated carbocycles. The number of halogens is 2. The lowest BCUT2D eigenvalue weighted by Crippen LogP contribution is -2.33. The molecule has 2 rings (SSSR count). The Kier molecular flexibility index (Phi) is 5.73. The van der Waals surface area contributed by atoms with Gasteiger partial charge in [0.15, 0.2) is 0 Å². The van der Waals surface area contributed by atoms with E-state index in [9.17, 15) is 4.79 Å². The summed E-state index contributed by atoms with van der Waals surface area (Å²) in [6, 6.07) is 2.96. The van der Waals surface area contributed by atoms with E-state index in [1.54, 1.807) is 0 Å². The van der Waals surface area contributed by atoms with Gasteiger partial charge >= 0.3 is 5.97 Å². The topological polar surface area (TPSA) is 55.6 Å². The Balaban J connectivity index is 2.18. The summed E-state index contributed by atoms with van der Waals surface area (Å²) in [4.78, 5) is 13.6. The van der Waals surface area contributed by atoms with E-state index >= 15 is 0 Å². The van der Waals surface area contributed by atoms with E-state index in [1.807, 2.05) is 12.1 Å². The number of carbonyl (C=O) groups is 1.